The van der Waals surface area contributed by atoms with Crippen molar-refractivity contribution in [1.82, 2.24) is 10.4 Å². The van der Waals surface area contributed by atoms with Gasteiger partial charge in [-0.15, -0.1) is 0 Å². The van der Waals surface area contributed by atoms with E-state index < -0.39 is 0 Å². The number of hydrogen-bond acceptors (Lipinski definition) is 3. The summed E-state index contributed by atoms with van der Waals surface area (Å²) in [6.45, 7) is 1.85. The van der Waals surface area contributed by atoms with Gasteiger partial charge in [0.15, 0.2) is 0 Å². The Morgan fingerprint density at radius 1 is 0.833 bits per heavy atom. The van der Waals surface area contributed by atoms with E-state index in [1.54, 1.807) is 12.1 Å². The van der Waals surface area contributed by atoms with Gasteiger partial charge < -0.3 is 0 Å². The Morgan fingerprint density at radius 3 is 1.96 bits per heavy atom. The van der Waals surface area contributed by atoms with Crippen LogP contribution in [0.4, 0.5) is 0 Å². The Bertz CT molecular complexity index is 817. The van der Waals surface area contributed by atoms with Crippen LogP contribution in [0.3, 0.4) is 0 Å². The highest BCUT2D eigenvalue weighted by Gasteiger charge is 2.10. The van der Waals surface area contributed by atoms with Gasteiger partial charge in [0, 0.05) is 16.8 Å². The number of rotatable bonds is 4. The molecule has 0 radical (unpaired) electrons. The highest BCUT2D eigenvalue weighted by molar-refractivity contribution is 6.13. The second kappa shape index (κ2) is 7.33. The van der Waals surface area contributed by atoms with E-state index in [9.17, 15) is 4.79 Å². The molecule has 0 saturated heterocycles. The van der Waals surface area contributed by atoms with Crippen molar-refractivity contribution in [1.29, 1.82) is 0 Å². The third-order valence-electron chi connectivity index (χ3n) is 3.48. The predicted octanol–water partition coefficient (Wildman–Crippen LogP) is 3.57. The van der Waals surface area contributed by atoms with Gasteiger partial charge in [-0.1, -0.05) is 66.7 Å². The number of aromatic nitrogens is 1. The molecule has 0 saturated carbocycles. The fraction of sp³-hybridized carbons (Fsp3) is 0.0500. The second-order valence-electron chi connectivity index (χ2n) is 5.30. The molecular weight excluding hydrogens is 298 g/mol. The predicted molar refractivity (Wildman–Crippen MR) is 95.0 cm³/mol. The molecule has 0 bridgehead atoms. The molecule has 1 amide bonds. The van der Waals surface area contributed by atoms with Crippen LogP contribution in [0.5, 0.6) is 0 Å². The van der Waals surface area contributed by atoms with Gasteiger partial charge in [0.1, 0.15) is 5.69 Å². The molecular formula is C20H17N3O. The molecule has 4 heteroatoms. The van der Waals surface area contributed by atoms with Crippen molar-refractivity contribution < 1.29 is 4.79 Å². The van der Waals surface area contributed by atoms with Crippen molar-refractivity contribution in [2.24, 2.45) is 5.10 Å². The first-order valence-corrected chi connectivity index (χ1v) is 7.66. The van der Waals surface area contributed by atoms with Crippen LogP contribution in [0.2, 0.25) is 0 Å². The van der Waals surface area contributed by atoms with Gasteiger partial charge in [-0.2, -0.15) is 5.10 Å². The lowest BCUT2D eigenvalue weighted by molar-refractivity contribution is 0.0949. The first kappa shape index (κ1) is 15.6. The SMILES string of the molecule is Cc1cccc(C(=O)NN=C(c2ccccc2)c2ccccc2)n1. The number of nitrogens with zero attached hydrogens (tertiary/aromatic N) is 2. The van der Waals surface area contributed by atoms with Crippen LogP contribution in [0, 0.1) is 6.92 Å². The van der Waals surface area contributed by atoms with Gasteiger partial charge in [0.25, 0.3) is 5.91 Å². The Hall–Kier alpha value is -3.27. The number of carbonyl (C=O) groups is 1. The number of pyridine rings is 1. The standard InChI is InChI=1S/C20H17N3O/c1-15-9-8-14-18(21-15)20(24)23-22-19(16-10-4-2-5-11-16)17-12-6-3-7-13-17/h2-14H,1H3,(H,23,24). The molecule has 24 heavy (non-hydrogen) atoms. The molecule has 1 heterocycles. The van der Waals surface area contributed by atoms with Gasteiger partial charge in [-0.05, 0) is 19.1 Å². The monoisotopic (exact) mass is 315 g/mol. The highest BCUT2D eigenvalue weighted by atomic mass is 16.2. The zero-order valence-electron chi connectivity index (χ0n) is 13.3. The molecule has 0 spiro atoms. The van der Waals surface area contributed by atoms with E-state index in [1.807, 2.05) is 73.7 Å². The van der Waals surface area contributed by atoms with Crippen LogP contribution in [0.15, 0.2) is 84.0 Å². The highest BCUT2D eigenvalue weighted by Crippen LogP contribution is 2.10. The Labute approximate surface area is 140 Å². The average molecular weight is 315 g/mol. The summed E-state index contributed by atoms with van der Waals surface area (Å²) in [6, 6.07) is 24.8. The van der Waals surface area contributed by atoms with Gasteiger partial charge >= 0.3 is 0 Å². The minimum absolute atomic E-state index is 0.330. The van der Waals surface area contributed by atoms with Crippen molar-refractivity contribution in [3.8, 4) is 0 Å². The summed E-state index contributed by atoms with van der Waals surface area (Å²) in [5.41, 5.74) is 6.32. The van der Waals surface area contributed by atoms with E-state index in [2.05, 4.69) is 15.5 Å². The Kier molecular flexibility index (Phi) is 4.77. The summed E-state index contributed by atoms with van der Waals surface area (Å²) in [5.74, 6) is -0.330. The van der Waals surface area contributed by atoms with Crippen molar-refractivity contribution in [3.05, 3.63) is 101 Å². The number of amides is 1. The zero-order valence-corrected chi connectivity index (χ0v) is 13.3. The third kappa shape index (κ3) is 3.73. The summed E-state index contributed by atoms with van der Waals surface area (Å²) in [5, 5.41) is 4.35. The number of hydrogen-bond donors (Lipinski definition) is 1. The lowest BCUT2D eigenvalue weighted by Crippen LogP contribution is -2.21. The molecule has 0 aliphatic heterocycles. The summed E-state index contributed by atoms with van der Waals surface area (Å²) in [7, 11) is 0. The Balaban J connectivity index is 1.91. The van der Waals surface area contributed by atoms with E-state index in [4.69, 9.17) is 0 Å². The molecule has 3 rings (SSSR count). The van der Waals surface area contributed by atoms with E-state index in [0.29, 0.717) is 11.4 Å². The largest absolute Gasteiger partial charge is 0.289 e. The lowest BCUT2D eigenvalue weighted by Gasteiger charge is -2.08. The van der Waals surface area contributed by atoms with E-state index >= 15 is 0 Å². The molecule has 4 nitrogen and oxygen atoms in total. The van der Waals surface area contributed by atoms with Crippen LogP contribution < -0.4 is 5.43 Å². The second-order valence-corrected chi connectivity index (χ2v) is 5.30. The summed E-state index contributed by atoms with van der Waals surface area (Å²) in [6.07, 6.45) is 0. The number of aryl methyl sites for hydroxylation is 1. The van der Waals surface area contributed by atoms with E-state index in [1.165, 1.54) is 0 Å². The first-order valence-electron chi connectivity index (χ1n) is 7.66. The number of hydrazone groups is 1. The topological polar surface area (TPSA) is 54.4 Å². The van der Waals surface area contributed by atoms with Crippen molar-refractivity contribution in [3.63, 3.8) is 0 Å². The van der Waals surface area contributed by atoms with Crippen LogP contribution in [0.1, 0.15) is 27.3 Å². The maximum absolute atomic E-state index is 12.3. The average Bonchev–Trinajstić information content (AvgIpc) is 2.63. The summed E-state index contributed by atoms with van der Waals surface area (Å²) in [4.78, 5) is 16.5. The van der Waals surface area contributed by atoms with Crippen molar-refractivity contribution in [2.75, 3.05) is 0 Å². The van der Waals surface area contributed by atoms with Crippen LogP contribution in [0.25, 0.3) is 0 Å². The van der Waals surface area contributed by atoms with Crippen molar-refractivity contribution >= 4 is 11.6 Å². The zero-order chi connectivity index (χ0) is 16.8. The van der Waals surface area contributed by atoms with E-state index in [0.717, 1.165) is 16.8 Å². The summed E-state index contributed by atoms with van der Waals surface area (Å²) < 4.78 is 0. The minimum Gasteiger partial charge on any atom is -0.266 e. The summed E-state index contributed by atoms with van der Waals surface area (Å²) >= 11 is 0. The molecule has 0 fully saturated rings. The smallest absolute Gasteiger partial charge is 0.266 e. The molecule has 0 aliphatic carbocycles. The van der Waals surface area contributed by atoms with Gasteiger partial charge in [0.05, 0.1) is 5.71 Å². The molecule has 0 unspecified atom stereocenters. The fourth-order valence-electron chi connectivity index (χ4n) is 2.32. The maximum Gasteiger partial charge on any atom is 0.289 e. The number of carbonyl (C=O) groups excluding carboxylic acids is 1. The van der Waals surface area contributed by atoms with E-state index in [-0.39, 0.29) is 5.91 Å². The lowest BCUT2D eigenvalue weighted by atomic mass is 10.0. The molecule has 2 aromatic carbocycles. The van der Waals surface area contributed by atoms with Gasteiger partial charge in [0.2, 0.25) is 0 Å². The minimum atomic E-state index is -0.330. The van der Waals surface area contributed by atoms with Gasteiger partial charge in [-0.25, -0.2) is 10.4 Å². The molecule has 0 aliphatic rings. The molecule has 0 atom stereocenters. The van der Waals surface area contributed by atoms with Crippen LogP contribution in [-0.4, -0.2) is 16.6 Å². The quantitative estimate of drug-likeness (QED) is 0.591. The molecule has 3 aromatic rings. The molecule has 118 valence electrons. The first-order chi connectivity index (χ1) is 11.7. The molecule has 1 N–H and O–H groups in total. The van der Waals surface area contributed by atoms with Crippen molar-refractivity contribution in [2.45, 2.75) is 6.92 Å². The fourth-order valence-corrected chi connectivity index (χ4v) is 2.32. The number of benzene rings is 2. The molecule has 1 aromatic heterocycles. The maximum atomic E-state index is 12.3. The Morgan fingerprint density at radius 2 is 1.42 bits per heavy atom. The number of nitrogens with one attached hydrogen (secondary N) is 1. The van der Waals surface area contributed by atoms with Gasteiger partial charge in [-0.3, -0.25) is 4.79 Å². The third-order valence-corrected chi connectivity index (χ3v) is 3.48. The van der Waals surface area contributed by atoms with Crippen LogP contribution >= 0.6 is 0 Å². The normalized spacial score (nSPS) is 10.0. The van der Waals surface area contributed by atoms with Crippen LogP contribution in [-0.2, 0) is 0 Å².